The quantitative estimate of drug-likeness (QED) is 0.575. The molecule has 57 valence electrons. The lowest BCUT2D eigenvalue weighted by atomic mass is 9.86. The highest BCUT2D eigenvalue weighted by Crippen LogP contribution is 2.23. The summed E-state index contributed by atoms with van der Waals surface area (Å²) in [6.07, 6.45) is 5.43. The fourth-order valence-corrected chi connectivity index (χ4v) is 1.54. The molecular formula is C8H13O2. The molecule has 1 radical (unpaired) electrons. The highest BCUT2D eigenvalue weighted by molar-refractivity contribution is 5.81. The van der Waals surface area contributed by atoms with E-state index in [2.05, 4.69) is 0 Å². The van der Waals surface area contributed by atoms with Crippen LogP contribution in [0.15, 0.2) is 0 Å². The standard InChI is InChI=1S/C8H13O2/c9-6-8(10)7-4-2-1-3-5-7/h7H,1-6H2. The van der Waals surface area contributed by atoms with Crippen molar-refractivity contribution in [3.8, 4) is 0 Å². The summed E-state index contributed by atoms with van der Waals surface area (Å²) < 4.78 is 0. The third kappa shape index (κ3) is 1.81. The SMILES string of the molecule is [O]CC(=O)C1CCCCC1. The van der Waals surface area contributed by atoms with Gasteiger partial charge in [0.25, 0.3) is 0 Å². The molecule has 0 aliphatic heterocycles. The van der Waals surface area contributed by atoms with Crippen molar-refractivity contribution in [3.05, 3.63) is 0 Å². The van der Waals surface area contributed by atoms with E-state index in [0.717, 1.165) is 25.7 Å². The van der Waals surface area contributed by atoms with E-state index < -0.39 is 6.61 Å². The Morgan fingerprint density at radius 1 is 1.20 bits per heavy atom. The molecule has 0 unspecified atom stereocenters. The van der Waals surface area contributed by atoms with E-state index in [1.807, 2.05) is 0 Å². The Morgan fingerprint density at radius 2 is 1.80 bits per heavy atom. The molecule has 1 saturated carbocycles. The second kappa shape index (κ2) is 3.71. The molecule has 10 heavy (non-hydrogen) atoms. The molecule has 0 aromatic rings. The van der Waals surface area contributed by atoms with Gasteiger partial charge in [0.1, 0.15) is 6.61 Å². The maximum atomic E-state index is 10.9. The Kier molecular flexibility index (Phi) is 2.87. The lowest BCUT2D eigenvalue weighted by Crippen LogP contribution is -2.19. The zero-order chi connectivity index (χ0) is 7.40. The maximum absolute atomic E-state index is 10.9. The van der Waals surface area contributed by atoms with Crippen LogP contribution in [0.4, 0.5) is 0 Å². The first-order valence-corrected chi connectivity index (χ1v) is 3.95. The van der Waals surface area contributed by atoms with E-state index in [1.54, 1.807) is 0 Å². The molecular weight excluding hydrogens is 128 g/mol. The topological polar surface area (TPSA) is 37.0 Å². The second-order valence-corrected chi connectivity index (χ2v) is 2.95. The van der Waals surface area contributed by atoms with Gasteiger partial charge in [-0.1, -0.05) is 19.3 Å². The van der Waals surface area contributed by atoms with E-state index >= 15 is 0 Å². The van der Waals surface area contributed by atoms with Crippen LogP contribution in [0.25, 0.3) is 0 Å². The Bertz CT molecular complexity index is 114. The van der Waals surface area contributed by atoms with Gasteiger partial charge in [0.15, 0.2) is 5.78 Å². The van der Waals surface area contributed by atoms with Crippen molar-refractivity contribution < 1.29 is 9.90 Å². The van der Waals surface area contributed by atoms with Gasteiger partial charge in [-0.2, -0.15) is 0 Å². The summed E-state index contributed by atoms with van der Waals surface area (Å²) >= 11 is 0. The van der Waals surface area contributed by atoms with E-state index in [9.17, 15) is 9.90 Å². The fraction of sp³-hybridized carbons (Fsp3) is 0.875. The number of hydrogen-bond donors (Lipinski definition) is 0. The van der Waals surface area contributed by atoms with Crippen LogP contribution in [0, 0.1) is 5.92 Å². The van der Waals surface area contributed by atoms with Crippen molar-refractivity contribution >= 4 is 5.78 Å². The lowest BCUT2D eigenvalue weighted by Gasteiger charge is -2.18. The Labute approximate surface area is 61.2 Å². The molecule has 1 fully saturated rings. The largest absolute Gasteiger partial charge is 0.297 e. The van der Waals surface area contributed by atoms with Crippen LogP contribution in [0.3, 0.4) is 0 Å². The number of Topliss-reactive ketones (excluding diaryl/α,β-unsaturated/α-hetero) is 1. The van der Waals surface area contributed by atoms with E-state index in [0.29, 0.717) is 0 Å². The number of hydrogen-bond acceptors (Lipinski definition) is 1. The van der Waals surface area contributed by atoms with Gasteiger partial charge in [0.05, 0.1) is 0 Å². The van der Waals surface area contributed by atoms with Crippen LogP contribution < -0.4 is 0 Å². The highest BCUT2D eigenvalue weighted by Gasteiger charge is 2.19. The molecule has 0 N–H and O–H groups in total. The molecule has 0 amide bonds. The Balaban J connectivity index is 2.31. The molecule has 0 aromatic carbocycles. The van der Waals surface area contributed by atoms with Crippen molar-refractivity contribution in [2.75, 3.05) is 6.61 Å². The van der Waals surface area contributed by atoms with Crippen molar-refractivity contribution in [2.24, 2.45) is 5.92 Å². The molecule has 0 aromatic heterocycles. The minimum absolute atomic E-state index is 0.0697. The fourth-order valence-electron chi connectivity index (χ4n) is 1.54. The van der Waals surface area contributed by atoms with Gasteiger partial charge in [-0.25, -0.2) is 5.11 Å². The van der Waals surface area contributed by atoms with Crippen molar-refractivity contribution in [1.82, 2.24) is 0 Å². The first-order chi connectivity index (χ1) is 4.84. The molecule has 1 aliphatic carbocycles. The molecule has 2 nitrogen and oxygen atoms in total. The molecule has 0 saturated heterocycles. The monoisotopic (exact) mass is 141 g/mol. The van der Waals surface area contributed by atoms with Gasteiger partial charge in [0, 0.05) is 5.92 Å². The van der Waals surface area contributed by atoms with Gasteiger partial charge in [-0.05, 0) is 12.8 Å². The third-order valence-corrected chi connectivity index (χ3v) is 2.20. The van der Waals surface area contributed by atoms with Gasteiger partial charge in [-0.15, -0.1) is 0 Å². The van der Waals surface area contributed by atoms with Gasteiger partial charge in [0.2, 0.25) is 0 Å². The predicted molar refractivity (Wildman–Crippen MR) is 37.1 cm³/mol. The summed E-state index contributed by atoms with van der Waals surface area (Å²) in [6.45, 7) is -0.509. The number of carbonyl (C=O) groups excluding carboxylic acids is 1. The highest BCUT2D eigenvalue weighted by atomic mass is 16.3. The van der Waals surface area contributed by atoms with Crippen LogP contribution in [0.2, 0.25) is 0 Å². The van der Waals surface area contributed by atoms with E-state index in [1.165, 1.54) is 6.42 Å². The van der Waals surface area contributed by atoms with Crippen molar-refractivity contribution in [2.45, 2.75) is 32.1 Å². The molecule has 0 bridgehead atoms. The maximum Gasteiger partial charge on any atom is 0.164 e. The average Bonchev–Trinajstić information content (AvgIpc) is 2.05. The van der Waals surface area contributed by atoms with Crippen LogP contribution in [0.5, 0.6) is 0 Å². The minimum atomic E-state index is -0.509. The molecule has 0 atom stereocenters. The van der Waals surface area contributed by atoms with Crippen molar-refractivity contribution in [3.63, 3.8) is 0 Å². The van der Waals surface area contributed by atoms with Crippen molar-refractivity contribution in [1.29, 1.82) is 0 Å². The molecule has 2 heteroatoms. The van der Waals surface area contributed by atoms with E-state index in [4.69, 9.17) is 0 Å². The summed E-state index contributed by atoms with van der Waals surface area (Å²) in [4.78, 5) is 10.9. The smallest absolute Gasteiger partial charge is 0.164 e. The normalized spacial score (nSPS) is 20.9. The van der Waals surface area contributed by atoms with Crippen LogP contribution in [0.1, 0.15) is 32.1 Å². The summed E-state index contributed by atoms with van der Waals surface area (Å²) in [5.74, 6) is 0.0472. The van der Waals surface area contributed by atoms with Gasteiger partial charge < -0.3 is 0 Å². The summed E-state index contributed by atoms with van der Waals surface area (Å²) in [5.41, 5.74) is 0. The Hall–Kier alpha value is -0.370. The van der Waals surface area contributed by atoms with Crippen LogP contribution >= 0.6 is 0 Å². The summed E-state index contributed by atoms with van der Waals surface area (Å²) in [6, 6.07) is 0. The van der Waals surface area contributed by atoms with Crippen LogP contribution in [-0.4, -0.2) is 12.4 Å². The second-order valence-electron chi connectivity index (χ2n) is 2.95. The number of carbonyl (C=O) groups is 1. The number of rotatable bonds is 2. The first kappa shape index (κ1) is 7.73. The molecule has 0 heterocycles. The van der Waals surface area contributed by atoms with E-state index in [-0.39, 0.29) is 11.7 Å². The Morgan fingerprint density at radius 3 is 2.30 bits per heavy atom. The third-order valence-electron chi connectivity index (χ3n) is 2.20. The molecule has 0 spiro atoms. The average molecular weight is 141 g/mol. The molecule has 1 rings (SSSR count). The summed E-state index contributed by atoms with van der Waals surface area (Å²) in [5, 5.41) is 10.2. The minimum Gasteiger partial charge on any atom is -0.297 e. The first-order valence-electron chi connectivity index (χ1n) is 3.95. The van der Waals surface area contributed by atoms with Crippen LogP contribution in [-0.2, 0) is 9.90 Å². The molecule has 1 aliphatic rings. The van der Waals surface area contributed by atoms with Gasteiger partial charge in [-0.3, -0.25) is 4.79 Å². The zero-order valence-corrected chi connectivity index (χ0v) is 6.14. The zero-order valence-electron chi connectivity index (χ0n) is 6.14. The summed E-state index contributed by atoms with van der Waals surface area (Å²) in [7, 11) is 0. The number of ketones is 1. The predicted octanol–water partition coefficient (Wildman–Crippen LogP) is 1.57. The lowest BCUT2D eigenvalue weighted by molar-refractivity contribution is -0.128. The van der Waals surface area contributed by atoms with Gasteiger partial charge >= 0.3 is 0 Å².